The summed E-state index contributed by atoms with van der Waals surface area (Å²) in [6.07, 6.45) is 0. The third kappa shape index (κ3) is 4.46. The fourth-order valence-electron chi connectivity index (χ4n) is 2.63. The monoisotopic (exact) mass is 385 g/mol. The van der Waals surface area contributed by atoms with Crippen LogP contribution in [0.4, 0.5) is 4.39 Å². The molecule has 3 rings (SSSR count). The minimum Gasteiger partial charge on any atom is -0.494 e. The number of carbonyl (C=O) groups excluding carboxylic acids is 1. The Morgan fingerprint density at radius 3 is 2.71 bits per heavy atom. The number of amides is 1. The molecule has 0 unspecified atom stereocenters. The summed E-state index contributed by atoms with van der Waals surface area (Å²) in [4.78, 5) is 16.8. The maximum Gasteiger partial charge on any atom is 0.255 e. The average molecular weight is 385 g/mol. The molecule has 1 heterocycles. The highest BCUT2D eigenvalue weighted by Gasteiger charge is 2.17. The third-order valence-corrected chi connectivity index (χ3v) is 4.08. The highest BCUT2D eigenvalue weighted by molar-refractivity contribution is 5.97. The van der Waals surface area contributed by atoms with Gasteiger partial charge < -0.3 is 19.3 Å². The molecule has 1 amide bonds. The molecule has 1 atom stereocenters. The number of methoxy groups -OCH3 is 1. The third-order valence-electron chi connectivity index (χ3n) is 4.08. The number of halogens is 1. The first-order valence-electron chi connectivity index (χ1n) is 8.63. The van der Waals surface area contributed by atoms with Gasteiger partial charge in [0.25, 0.3) is 5.91 Å². The summed E-state index contributed by atoms with van der Waals surface area (Å²) in [7, 11) is 1.40. The van der Waals surface area contributed by atoms with E-state index in [9.17, 15) is 9.18 Å². The van der Waals surface area contributed by atoms with Crippen LogP contribution >= 0.6 is 0 Å². The minimum absolute atomic E-state index is 0.0703. The Bertz CT molecular complexity index is 974. The van der Waals surface area contributed by atoms with Crippen LogP contribution in [-0.4, -0.2) is 23.2 Å². The largest absolute Gasteiger partial charge is 0.494 e. The minimum atomic E-state index is -0.486. The van der Waals surface area contributed by atoms with Crippen molar-refractivity contribution in [3.05, 3.63) is 71.1 Å². The van der Waals surface area contributed by atoms with E-state index in [1.807, 2.05) is 0 Å². The molecule has 1 N–H and O–H groups in total. The molecule has 146 valence electrons. The normalized spacial score (nSPS) is 11.7. The smallest absolute Gasteiger partial charge is 0.255 e. The Labute approximate surface area is 161 Å². The number of aromatic nitrogens is 2. The van der Waals surface area contributed by atoms with Gasteiger partial charge in [-0.1, -0.05) is 23.4 Å². The van der Waals surface area contributed by atoms with Crippen LogP contribution in [0.1, 0.15) is 40.6 Å². The van der Waals surface area contributed by atoms with Gasteiger partial charge in [0.15, 0.2) is 18.2 Å². The second-order valence-electron chi connectivity index (χ2n) is 6.10. The molecule has 7 nitrogen and oxygen atoms in total. The summed E-state index contributed by atoms with van der Waals surface area (Å²) < 4.78 is 29.4. The van der Waals surface area contributed by atoms with Crippen LogP contribution in [0.5, 0.6) is 11.5 Å². The molecule has 0 saturated heterocycles. The van der Waals surface area contributed by atoms with Crippen molar-refractivity contribution in [3.63, 3.8) is 0 Å². The molecule has 0 aliphatic carbocycles. The van der Waals surface area contributed by atoms with E-state index in [2.05, 4.69) is 15.5 Å². The molecule has 3 aromatic rings. The van der Waals surface area contributed by atoms with E-state index in [-0.39, 0.29) is 18.3 Å². The molecule has 28 heavy (non-hydrogen) atoms. The lowest BCUT2D eigenvalue weighted by molar-refractivity contribution is 0.0935. The molecule has 0 aliphatic heterocycles. The van der Waals surface area contributed by atoms with Crippen LogP contribution < -0.4 is 14.8 Å². The fourth-order valence-corrected chi connectivity index (χ4v) is 2.63. The predicted molar refractivity (Wildman–Crippen MR) is 98.6 cm³/mol. The van der Waals surface area contributed by atoms with Crippen molar-refractivity contribution < 1.29 is 23.2 Å². The number of carbonyl (C=O) groups is 1. The zero-order valence-electron chi connectivity index (χ0n) is 15.7. The number of benzene rings is 2. The molecule has 8 heteroatoms. The SMILES string of the molecule is COc1ccc([C@@H](C)NC(=O)c2ccccc2OCc2noc(C)n2)cc1F. The number of nitrogens with one attached hydrogen (secondary N) is 1. The summed E-state index contributed by atoms with van der Waals surface area (Å²) in [6.45, 7) is 3.52. The van der Waals surface area contributed by atoms with E-state index in [4.69, 9.17) is 14.0 Å². The van der Waals surface area contributed by atoms with Gasteiger partial charge in [0.2, 0.25) is 11.7 Å². The van der Waals surface area contributed by atoms with Crippen LogP contribution in [0.25, 0.3) is 0 Å². The Morgan fingerprint density at radius 2 is 2.04 bits per heavy atom. The van der Waals surface area contributed by atoms with Crippen molar-refractivity contribution in [2.75, 3.05) is 7.11 Å². The number of rotatable bonds is 7. The Balaban J connectivity index is 1.70. The first-order valence-corrected chi connectivity index (χ1v) is 8.63. The molecule has 0 saturated carbocycles. The quantitative estimate of drug-likeness (QED) is 0.669. The molecular formula is C20H20FN3O4. The predicted octanol–water partition coefficient (Wildman–Crippen LogP) is 3.60. The Hall–Kier alpha value is -3.42. The van der Waals surface area contributed by atoms with Gasteiger partial charge in [-0.25, -0.2) is 4.39 Å². The van der Waals surface area contributed by atoms with Gasteiger partial charge in [-0.15, -0.1) is 0 Å². The molecule has 0 fully saturated rings. The highest BCUT2D eigenvalue weighted by atomic mass is 19.1. The topological polar surface area (TPSA) is 86.5 Å². The van der Waals surface area contributed by atoms with Crippen LogP contribution in [0.3, 0.4) is 0 Å². The number of ether oxygens (including phenoxy) is 2. The average Bonchev–Trinajstić information content (AvgIpc) is 3.11. The first kappa shape index (κ1) is 19.3. The number of hydrogen-bond donors (Lipinski definition) is 1. The van der Waals surface area contributed by atoms with Gasteiger partial charge in [-0.2, -0.15) is 4.98 Å². The van der Waals surface area contributed by atoms with E-state index < -0.39 is 11.9 Å². The fraction of sp³-hybridized carbons (Fsp3) is 0.250. The summed E-state index contributed by atoms with van der Waals surface area (Å²) in [5.41, 5.74) is 0.968. The molecule has 0 radical (unpaired) electrons. The van der Waals surface area contributed by atoms with Gasteiger partial charge in [0, 0.05) is 6.92 Å². The molecule has 0 aliphatic rings. The van der Waals surface area contributed by atoms with Crippen LogP contribution in [0, 0.1) is 12.7 Å². The van der Waals surface area contributed by atoms with Gasteiger partial charge in [0.1, 0.15) is 5.75 Å². The summed E-state index contributed by atoms with van der Waals surface area (Å²) in [6, 6.07) is 11.0. The number of hydrogen-bond acceptors (Lipinski definition) is 6. The maximum absolute atomic E-state index is 13.9. The van der Waals surface area contributed by atoms with E-state index in [1.54, 1.807) is 44.2 Å². The Morgan fingerprint density at radius 1 is 1.25 bits per heavy atom. The van der Waals surface area contributed by atoms with Crippen molar-refractivity contribution in [1.82, 2.24) is 15.5 Å². The molecule has 1 aromatic heterocycles. The van der Waals surface area contributed by atoms with Crippen LogP contribution in [0.15, 0.2) is 47.0 Å². The van der Waals surface area contributed by atoms with Crippen molar-refractivity contribution in [2.45, 2.75) is 26.5 Å². The van der Waals surface area contributed by atoms with E-state index >= 15 is 0 Å². The number of para-hydroxylation sites is 1. The van der Waals surface area contributed by atoms with Gasteiger partial charge in [0.05, 0.1) is 18.7 Å². The number of nitrogens with zero attached hydrogens (tertiary/aromatic N) is 2. The highest BCUT2D eigenvalue weighted by Crippen LogP contribution is 2.23. The lowest BCUT2D eigenvalue weighted by Gasteiger charge is -2.17. The van der Waals surface area contributed by atoms with E-state index in [0.717, 1.165) is 0 Å². The van der Waals surface area contributed by atoms with Crippen molar-refractivity contribution in [2.24, 2.45) is 0 Å². The zero-order valence-corrected chi connectivity index (χ0v) is 15.7. The molecule has 0 spiro atoms. The van der Waals surface area contributed by atoms with Gasteiger partial charge in [-0.05, 0) is 36.8 Å². The molecule has 2 aromatic carbocycles. The zero-order chi connectivity index (χ0) is 20.1. The Kier molecular flexibility index (Phi) is 5.88. The second kappa shape index (κ2) is 8.51. The number of aryl methyl sites for hydroxylation is 1. The van der Waals surface area contributed by atoms with Gasteiger partial charge in [-0.3, -0.25) is 4.79 Å². The van der Waals surface area contributed by atoms with Crippen LogP contribution in [0.2, 0.25) is 0 Å². The standard InChI is InChI=1S/C20H20FN3O4/c1-12(14-8-9-18(26-3)16(21)10-14)22-20(25)15-6-4-5-7-17(15)27-11-19-23-13(2)28-24-19/h4-10,12H,11H2,1-3H3,(H,22,25)/t12-/m1/s1. The van der Waals surface area contributed by atoms with Crippen LogP contribution in [-0.2, 0) is 6.61 Å². The first-order chi connectivity index (χ1) is 13.5. The summed E-state index contributed by atoms with van der Waals surface area (Å²) in [5, 5.41) is 6.60. The lowest BCUT2D eigenvalue weighted by Crippen LogP contribution is -2.27. The van der Waals surface area contributed by atoms with Gasteiger partial charge >= 0.3 is 0 Å². The second-order valence-corrected chi connectivity index (χ2v) is 6.10. The lowest BCUT2D eigenvalue weighted by atomic mass is 10.1. The van der Waals surface area contributed by atoms with E-state index in [0.29, 0.717) is 28.6 Å². The van der Waals surface area contributed by atoms with E-state index in [1.165, 1.54) is 19.2 Å². The molecule has 0 bridgehead atoms. The van der Waals surface area contributed by atoms with Crippen molar-refractivity contribution in [3.8, 4) is 11.5 Å². The summed E-state index contributed by atoms with van der Waals surface area (Å²) in [5.74, 6) is 0.525. The van der Waals surface area contributed by atoms with Crippen molar-refractivity contribution >= 4 is 5.91 Å². The molecular weight excluding hydrogens is 365 g/mol. The maximum atomic E-state index is 13.9. The van der Waals surface area contributed by atoms with Crippen molar-refractivity contribution in [1.29, 1.82) is 0 Å². The summed E-state index contributed by atoms with van der Waals surface area (Å²) >= 11 is 0.